The van der Waals surface area contributed by atoms with E-state index in [-0.39, 0.29) is 0 Å². The molecule has 0 bridgehead atoms. The zero-order valence-electron chi connectivity index (χ0n) is 8.56. The molecule has 0 spiro atoms. The molecule has 0 radical (unpaired) electrons. The Balaban J connectivity index is 2.45. The standard InChI is InChI=1S/C8H19N3OS/c1-10-7(4-5-9)13-8(6-12-3)11(10)2/h7-8H,4-6,9H2,1-3H3. The van der Waals surface area contributed by atoms with Crippen molar-refractivity contribution < 1.29 is 4.74 Å². The van der Waals surface area contributed by atoms with Gasteiger partial charge in [0.2, 0.25) is 0 Å². The van der Waals surface area contributed by atoms with E-state index in [0.29, 0.717) is 10.7 Å². The normalized spacial score (nSPS) is 31.4. The number of methoxy groups -OCH3 is 1. The van der Waals surface area contributed by atoms with Crippen LogP contribution in [0.25, 0.3) is 0 Å². The summed E-state index contributed by atoms with van der Waals surface area (Å²) >= 11 is 1.92. The van der Waals surface area contributed by atoms with Crippen LogP contribution in [0.5, 0.6) is 0 Å². The maximum atomic E-state index is 5.55. The highest BCUT2D eigenvalue weighted by Crippen LogP contribution is 2.33. The van der Waals surface area contributed by atoms with Gasteiger partial charge in [-0.3, -0.25) is 0 Å². The monoisotopic (exact) mass is 205 g/mol. The van der Waals surface area contributed by atoms with Gasteiger partial charge in [0.25, 0.3) is 0 Å². The van der Waals surface area contributed by atoms with E-state index in [4.69, 9.17) is 10.5 Å². The molecule has 2 atom stereocenters. The fraction of sp³-hybridized carbons (Fsp3) is 1.00. The Labute approximate surface area is 84.4 Å². The molecule has 5 heteroatoms. The Morgan fingerprint density at radius 3 is 2.46 bits per heavy atom. The second-order valence-corrected chi connectivity index (χ2v) is 4.59. The quantitative estimate of drug-likeness (QED) is 0.708. The van der Waals surface area contributed by atoms with Crippen molar-refractivity contribution in [2.24, 2.45) is 5.73 Å². The fourth-order valence-corrected chi connectivity index (χ4v) is 2.95. The third-order valence-electron chi connectivity index (χ3n) is 2.37. The first kappa shape index (κ1) is 11.3. The topological polar surface area (TPSA) is 41.7 Å². The third-order valence-corrected chi connectivity index (χ3v) is 3.98. The van der Waals surface area contributed by atoms with Gasteiger partial charge in [0.05, 0.1) is 17.4 Å². The van der Waals surface area contributed by atoms with Crippen molar-refractivity contribution in [3.8, 4) is 0 Å². The summed E-state index contributed by atoms with van der Waals surface area (Å²) in [4.78, 5) is 0. The average molecular weight is 205 g/mol. The fourth-order valence-electron chi connectivity index (χ4n) is 1.45. The van der Waals surface area contributed by atoms with E-state index in [2.05, 4.69) is 24.1 Å². The van der Waals surface area contributed by atoms with E-state index in [9.17, 15) is 0 Å². The Kier molecular flexibility index (Phi) is 4.48. The number of rotatable bonds is 4. The second-order valence-electron chi connectivity index (χ2n) is 3.23. The van der Waals surface area contributed by atoms with Gasteiger partial charge >= 0.3 is 0 Å². The molecule has 1 aliphatic heterocycles. The molecule has 2 unspecified atom stereocenters. The highest BCUT2D eigenvalue weighted by Gasteiger charge is 2.34. The molecule has 0 aromatic carbocycles. The molecule has 1 aliphatic rings. The summed E-state index contributed by atoms with van der Waals surface area (Å²) < 4.78 is 5.15. The number of likely N-dealkylation sites (N-methyl/N-ethyl adjacent to an activating group) is 1. The number of hydrogen-bond donors (Lipinski definition) is 1. The van der Waals surface area contributed by atoms with Gasteiger partial charge in [0.15, 0.2) is 0 Å². The van der Waals surface area contributed by atoms with Gasteiger partial charge in [0.1, 0.15) is 0 Å². The Morgan fingerprint density at radius 2 is 1.92 bits per heavy atom. The van der Waals surface area contributed by atoms with E-state index < -0.39 is 0 Å². The van der Waals surface area contributed by atoms with Crippen molar-refractivity contribution >= 4 is 11.8 Å². The van der Waals surface area contributed by atoms with Crippen molar-refractivity contribution in [3.05, 3.63) is 0 Å². The molecule has 78 valence electrons. The van der Waals surface area contributed by atoms with Crippen molar-refractivity contribution in [2.75, 3.05) is 34.4 Å². The van der Waals surface area contributed by atoms with Gasteiger partial charge in [-0.15, -0.1) is 11.8 Å². The molecule has 0 aromatic rings. The number of hydrogen-bond acceptors (Lipinski definition) is 5. The molecule has 13 heavy (non-hydrogen) atoms. The summed E-state index contributed by atoms with van der Waals surface area (Å²) in [6.45, 7) is 1.52. The summed E-state index contributed by atoms with van der Waals surface area (Å²) in [5, 5.41) is 5.40. The van der Waals surface area contributed by atoms with E-state index in [1.807, 2.05) is 11.8 Å². The number of nitrogens with two attached hydrogens (primary N) is 1. The van der Waals surface area contributed by atoms with E-state index in [0.717, 1.165) is 19.6 Å². The molecule has 1 saturated heterocycles. The second kappa shape index (κ2) is 5.17. The zero-order valence-corrected chi connectivity index (χ0v) is 9.38. The van der Waals surface area contributed by atoms with Crippen LogP contribution in [0.2, 0.25) is 0 Å². The Bertz CT molecular complexity index is 142. The van der Waals surface area contributed by atoms with Gasteiger partial charge in [-0.2, -0.15) is 0 Å². The van der Waals surface area contributed by atoms with Crippen LogP contribution in [-0.4, -0.2) is 55.1 Å². The Hall–Kier alpha value is 0.190. The largest absolute Gasteiger partial charge is 0.382 e. The minimum Gasteiger partial charge on any atom is -0.382 e. The molecule has 0 amide bonds. The van der Waals surface area contributed by atoms with Crippen LogP contribution in [0.3, 0.4) is 0 Å². The van der Waals surface area contributed by atoms with Crippen LogP contribution in [0.4, 0.5) is 0 Å². The maximum Gasteiger partial charge on any atom is 0.0944 e. The van der Waals surface area contributed by atoms with Gasteiger partial charge in [-0.05, 0) is 13.0 Å². The summed E-state index contributed by atoms with van der Waals surface area (Å²) in [6, 6.07) is 0. The predicted octanol–water partition coefficient (Wildman–Crippen LogP) is 0.159. The van der Waals surface area contributed by atoms with E-state index in [1.165, 1.54) is 0 Å². The zero-order chi connectivity index (χ0) is 9.84. The van der Waals surface area contributed by atoms with Crippen molar-refractivity contribution in [3.63, 3.8) is 0 Å². The molecular formula is C8H19N3OS. The van der Waals surface area contributed by atoms with Gasteiger partial charge in [-0.25, -0.2) is 10.0 Å². The average Bonchev–Trinajstić information content (AvgIpc) is 2.36. The number of thioether (sulfide) groups is 1. The molecule has 0 aromatic heterocycles. The highest BCUT2D eigenvalue weighted by atomic mass is 32.2. The van der Waals surface area contributed by atoms with Crippen molar-refractivity contribution in [1.82, 2.24) is 10.0 Å². The molecular weight excluding hydrogens is 186 g/mol. The van der Waals surface area contributed by atoms with Crippen LogP contribution in [0.15, 0.2) is 0 Å². The molecule has 0 aliphatic carbocycles. The van der Waals surface area contributed by atoms with Gasteiger partial charge < -0.3 is 10.5 Å². The highest BCUT2D eigenvalue weighted by molar-refractivity contribution is 8.00. The molecule has 1 heterocycles. The molecule has 2 N–H and O–H groups in total. The van der Waals surface area contributed by atoms with Gasteiger partial charge in [-0.1, -0.05) is 0 Å². The van der Waals surface area contributed by atoms with Crippen LogP contribution in [-0.2, 0) is 4.74 Å². The summed E-state index contributed by atoms with van der Waals surface area (Å²) in [5.41, 5.74) is 5.55. The lowest BCUT2D eigenvalue weighted by Crippen LogP contribution is -2.39. The number of ether oxygens (including phenoxy) is 1. The summed E-state index contributed by atoms with van der Waals surface area (Å²) in [7, 11) is 5.93. The van der Waals surface area contributed by atoms with Crippen molar-refractivity contribution in [2.45, 2.75) is 17.2 Å². The Morgan fingerprint density at radius 1 is 1.31 bits per heavy atom. The van der Waals surface area contributed by atoms with Crippen LogP contribution in [0, 0.1) is 0 Å². The lowest BCUT2D eigenvalue weighted by atomic mass is 10.4. The predicted molar refractivity (Wildman–Crippen MR) is 56.2 cm³/mol. The molecule has 4 nitrogen and oxygen atoms in total. The van der Waals surface area contributed by atoms with E-state index in [1.54, 1.807) is 7.11 Å². The third kappa shape index (κ3) is 2.57. The molecule has 0 saturated carbocycles. The molecule has 1 fully saturated rings. The lowest BCUT2D eigenvalue weighted by molar-refractivity contribution is 0.00263. The molecule has 1 rings (SSSR count). The lowest BCUT2D eigenvalue weighted by Gasteiger charge is -2.25. The van der Waals surface area contributed by atoms with Crippen molar-refractivity contribution in [1.29, 1.82) is 0 Å². The number of hydrazine groups is 1. The smallest absolute Gasteiger partial charge is 0.0944 e. The first-order valence-electron chi connectivity index (χ1n) is 4.50. The van der Waals surface area contributed by atoms with Gasteiger partial charge in [0, 0.05) is 21.2 Å². The first-order chi connectivity index (χ1) is 6.20. The van der Waals surface area contributed by atoms with E-state index >= 15 is 0 Å². The minimum atomic E-state index is 0.437. The number of nitrogens with zero attached hydrogens (tertiary/aromatic N) is 2. The summed E-state index contributed by atoms with van der Waals surface area (Å²) in [6.07, 6.45) is 1.03. The van der Waals surface area contributed by atoms with Crippen LogP contribution < -0.4 is 5.73 Å². The maximum absolute atomic E-state index is 5.55. The SMILES string of the molecule is COCC1SC(CCN)N(C)N1C. The minimum absolute atomic E-state index is 0.437. The van der Waals surface area contributed by atoms with Crippen LogP contribution >= 0.6 is 11.8 Å². The van der Waals surface area contributed by atoms with Crippen LogP contribution in [0.1, 0.15) is 6.42 Å². The first-order valence-corrected chi connectivity index (χ1v) is 5.45. The summed E-state index contributed by atoms with van der Waals surface area (Å²) in [5.74, 6) is 0.